The first kappa shape index (κ1) is 76.8. The van der Waals surface area contributed by atoms with Gasteiger partial charge in [0, 0.05) is 40.7 Å². The van der Waals surface area contributed by atoms with Crippen LogP contribution in [0.2, 0.25) is 0 Å². The van der Waals surface area contributed by atoms with E-state index in [1.807, 2.05) is 0 Å². The molecule has 0 aliphatic rings. The summed E-state index contributed by atoms with van der Waals surface area (Å²) in [4.78, 5) is -0.721. The van der Waals surface area contributed by atoms with E-state index in [-0.39, 0.29) is 122 Å². The zero-order chi connectivity index (χ0) is 56.1. The predicted molar refractivity (Wildman–Crippen MR) is 265 cm³/mol. The van der Waals surface area contributed by atoms with Crippen molar-refractivity contribution in [3.05, 3.63) is 109 Å². The van der Waals surface area contributed by atoms with Crippen molar-refractivity contribution in [1.82, 2.24) is 0 Å². The van der Waals surface area contributed by atoms with Crippen LogP contribution in [0.15, 0.2) is 168 Å². The van der Waals surface area contributed by atoms with Gasteiger partial charge in [-0.3, -0.25) is 0 Å². The first-order valence-corrected chi connectivity index (χ1v) is 28.6. The maximum absolute atomic E-state index is 10.5. The summed E-state index contributed by atoms with van der Waals surface area (Å²) in [7, 11) is -26.8. The smallest absolute Gasteiger partial charge is 0.744 e. The molecule has 6 aromatic rings. The molecule has 75 heavy (non-hydrogen) atoms. The Kier molecular flexibility index (Phi) is 32.7. The third-order valence-electron chi connectivity index (χ3n) is 7.52. The van der Waals surface area contributed by atoms with Crippen LogP contribution in [0.25, 0.3) is 0 Å². The van der Waals surface area contributed by atoms with Gasteiger partial charge in [-0.15, -0.1) is 75.8 Å². The fourth-order valence-electron chi connectivity index (χ4n) is 4.01. The fraction of sp³-hybridized carbons (Fsp3) is 0. The molecule has 0 fully saturated rings. The minimum atomic E-state index is -4.49. The Morgan fingerprint density at radius 2 is 0.413 bits per heavy atom. The SMILES string of the molecule is Nc1cc(S(=O)(=O)[O-])ccc1S.Nc1cc(S(=O)(=O)[O-])ccc1S.O=S(=O)([O-])c1ccc(S)c(O)c1.O=S(=O)([O-])c1ccc(S)c(O)c1.O=S(=O)([O-])c1ccc(S)c(O)c1.O=S(=O)([O-])c1ccc(S)c(O)c1.[Zn+2].[Zn+2].[Zn+2]. The summed E-state index contributed by atoms with van der Waals surface area (Å²) in [6.07, 6.45) is 0. The largest absolute Gasteiger partial charge is 2.00 e. The van der Waals surface area contributed by atoms with Crippen LogP contribution in [-0.2, 0) is 119 Å². The first-order chi connectivity index (χ1) is 32.5. The number of hydrogen-bond donors (Lipinski definition) is 12. The van der Waals surface area contributed by atoms with E-state index in [1.54, 1.807) is 0 Å². The number of benzene rings is 6. The third kappa shape index (κ3) is 27.8. The normalized spacial score (nSPS) is 11.0. The molecule has 0 bridgehead atoms. The monoisotopic (exact) mass is 1420 g/mol. The van der Waals surface area contributed by atoms with Crippen molar-refractivity contribution in [1.29, 1.82) is 0 Å². The summed E-state index contributed by atoms with van der Waals surface area (Å²) in [5.41, 5.74) is 11.0. The standard InChI is InChI=1S/2C6H7NO3S2.4C6H6O4S2.3Zn/c6*7-5-3-4(12(8,9)10)1-2-6(5)11;;;/h2*1-3,11H,7H2,(H,8,9,10);4*1-3,7,11H,(H,8,9,10);;;/q;;;;;;3*+2/p-6. The molecule has 8 N–H and O–H groups in total. The number of phenols is 4. The van der Waals surface area contributed by atoms with E-state index < -0.39 is 80.3 Å². The van der Waals surface area contributed by atoms with Crippen LogP contribution >= 0.6 is 75.8 Å². The van der Waals surface area contributed by atoms with Gasteiger partial charge < -0.3 is 59.2 Å². The van der Waals surface area contributed by atoms with Gasteiger partial charge in [0.2, 0.25) is 0 Å². The minimum absolute atomic E-state index is 0. The second-order valence-electron chi connectivity index (χ2n) is 12.8. The van der Waals surface area contributed by atoms with Gasteiger partial charge in [-0.1, -0.05) is 0 Å². The zero-order valence-corrected chi connectivity index (χ0v) is 56.1. The van der Waals surface area contributed by atoms with E-state index in [0.717, 1.165) is 60.7 Å². The summed E-state index contributed by atoms with van der Waals surface area (Å²) in [6.45, 7) is 0. The van der Waals surface area contributed by atoms with Gasteiger partial charge in [0.1, 0.15) is 83.7 Å². The topological polar surface area (TPSA) is 476 Å². The molecule has 0 atom stereocenters. The first-order valence-electron chi connectivity index (χ1n) is 17.5. The molecule has 0 amide bonds. The molecule has 396 valence electrons. The number of nitrogens with two attached hydrogens (primary N) is 2. The van der Waals surface area contributed by atoms with Crippen LogP contribution in [-0.4, -0.2) is 98.2 Å². The molecular weight excluding hydrogens is 1390 g/mol. The molecule has 0 radical (unpaired) electrons. The van der Waals surface area contributed by atoms with Gasteiger partial charge in [-0.05, 0) is 109 Å². The maximum Gasteiger partial charge on any atom is 2.00 e. The van der Waals surface area contributed by atoms with Gasteiger partial charge >= 0.3 is 58.4 Å². The summed E-state index contributed by atoms with van der Waals surface area (Å²) in [5.74, 6) is -1.30. The van der Waals surface area contributed by atoms with Crippen molar-refractivity contribution in [2.45, 2.75) is 58.7 Å². The molecule has 0 unspecified atom stereocenters. The molecule has 0 saturated carbocycles. The Morgan fingerprint density at radius 1 is 0.280 bits per heavy atom. The Bertz CT molecular complexity index is 3020. The number of nitrogen functional groups attached to an aromatic ring is 2. The Balaban J connectivity index is -0.000000823. The molecule has 0 spiro atoms. The molecule has 6 aromatic carbocycles. The average molecular weight is 1430 g/mol. The number of phenolic OH excluding ortho intramolecular Hbond substituents is 4. The Hall–Kier alpha value is -2.45. The Morgan fingerprint density at radius 3 is 0.533 bits per heavy atom. The fourth-order valence-corrected chi connectivity index (χ4v) is 7.82. The van der Waals surface area contributed by atoms with Crippen molar-refractivity contribution in [3.8, 4) is 23.0 Å². The van der Waals surface area contributed by atoms with Crippen LogP contribution < -0.4 is 11.5 Å². The molecule has 0 saturated heterocycles. The number of anilines is 2. The number of rotatable bonds is 6. The summed E-state index contributed by atoms with van der Waals surface area (Å²) in [5, 5.41) is 35.9. The summed E-state index contributed by atoms with van der Waals surface area (Å²) in [6, 6.07) is 20.0. The van der Waals surface area contributed by atoms with Crippen LogP contribution in [0.3, 0.4) is 0 Å². The summed E-state index contributed by atoms with van der Waals surface area (Å²) < 4.78 is 188. The molecule has 0 aliphatic carbocycles. The van der Waals surface area contributed by atoms with E-state index in [2.05, 4.69) is 75.8 Å². The van der Waals surface area contributed by atoms with Crippen molar-refractivity contribution in [3.63, 3.8) is 0 Å². The van der Waals surface area contributed by atoms with Crippen LogP contribution in [0.5, 0.6) is 23.0 Å². The van der Waals surface area contributed by atoms with Gasteiger partial charge in [-0.25, -0.2) is 50.5 Å². The quantitative estimate of drug-likeness (QED) is 0.0493. The van der Waals surface area contributed by atoms with Crippen molar-refractivity contribution >= 4 is 148 Å². The van der Waals surface area contributed by atoms with Crippen LogP contribution in [0.4, 0.5) is 11.4 Å². The molecule has 6 rings (SSSR count). The molecule has 0 aliphatic heterocycles. The second kappa shape index (κ2) is 32.0. The number of thiol groups is 6. The summed E-state index contributed by atoms with van der Waals surface area (Å²) >= 11 is 23.0. The third-order valence-corrected chi connectivity index (χ3v) is 14.8. The van der Waals surface area contributed by atoms with Gasteiger partial charge in [0.25, 0.3) is 0 Å². The average Bonchev–Trinajstić information content (AvgIpc) is 3.23. The molecule has 0 heterocycles. The van der Waals surface area contributed by atoms with Crippen molar-refractivity contribution in [2.75, 3.05) is 11.5 Å². The van der Waals surface area contributed by atoms with Gasteiger partial charge in [0.05, 0.1) is 29.4 Å². The van der Waals surface area contributed by atoms with E-state index in [9.17, 15) is 77.8 Å². The number of hydrogen-bond acceptors (Lipinski definition) is 30. The van der Waals surface area contributed by atoms with E-state index in [0.29, 0.717) is 9.79 Å². The molecular formula is C36H32N2O22S12Zn3. The number of aromatic hydroxyl groups is 4. The molecule has 39 heteroatoms. The zero-order valence-electron chi connectivity index (χ0n) is 36.9. The van der Waals surface area contributed by atoms with Gasteiger partial charge in [-0.2, -0.15) is 0 Å². The molecule has 24 nitrogen and oxygen atoms in total. The van der Waals surface area contributed by atoms with E-state index in [4.69, 9.17) is 31.9 Å². The maximum atomic E-state index is 10.5. The molecule has 0 aromatic heterocycles. The minimum Gasteiger partial charge on any atom is -0.744 e. The van der Waals surface area contributed by atoms with Crippen LogP contribution in [0.1, 0.15) is 0 Å². The van der Waals surface area contributed by atoms with E-state index in [1.165, 1.54) is 48.5 Å². The van der Waals surface area contributed by atoms with Crippen molar-refractivity contribution < 1.29 is 157 Å². The van der Waals surface area contributed by atoms with Crippen molar-refractivity contribution in [2.24, 2.45) is 0 Å². The van der Waals surface area contributed by atoms with Gasteiger partial charge in [0.15, 0.2) is 0 Å². The second-order valence-corrected chi connectivity index (χ2v) is 23.9. The predicted octanol–water partition coefficient (Wildman–Crippen LogP) is 3.26. The van der Waals surface area contributed by atoms with E-state index >= 15 is 0 Å². The van der Waals surface area contributed by atoms with Crippen LogP contribution in [0, 0.1) is 0 Å². The Labute approximate surface area is 501 Å².